The summed E-state index contributed by atoms with van der Waals surface area (Å²) in [6.07, 6.45) is -2.38. The van der Waals surface area contributed by atoms with Crippen molar-refractivity contribution in [3.63, 3.8) is 0 Å². The van der Waals surface area contributed by atoms with Crippen LogP contribution in [0.5, 0.6) is 5.75 Å². The zero-order chi connectivity index (χ0) is 20.1. The molecular formula is C19H24F3N3O3. The van der Waals surface area contributed by atoms with E-state index in [4.69, 9.17) is 4.74 Å². The smallest absolute Gasteiger partial charge is 0.401 e. The number of carbonyl (C=O) groups excluding carboxylic acids is 2. The van der Waals surface area contributed by atoms with Crippen LogP contribution in [0.3, 0.4) is 0 Å². The normalized spacial score (nSPS) is 19.0. The summed E-state index contributed by atoms with van der Waals surface area (Å²) in [5.74, 6) is 0.303. The van der Waals surface area contributed by atoms with Gasteiger partial charge in [0, 0.05) is 50.9 Å². The molecule has 0 aliphatic carbocycles. The quantitative estimate of drug-likeness (QED) is 0.763. The SMILES string of the molecule is O=C(COc1cccc(N2CCCC2=O)c1)N1CCCN(CC(F)(F)F)CC1. The van der Waals surface area contributed by atoms with Gasteiger partial charge >= 0.3 is 6.18 Å². The van der Waals surface area contributed by atoms with Crippen LogP contribution < -0.4 is 9.64 Å². The lowest BCUT2D eigenvalue weighted by Crippen LogP contribution is -2.40. The summed E-state index contributed by atoms with van der Waals surface area (Å²) in [5.41, 5.74) is 0.741. The van der Waals surface area contributed by atoms with Crippen molar-refractivity contribution in [3.8, 4) is 5.75 Å². The van der Waals surface area contributed by atoms with Gasteiger partial charge in [0.1, 0.15) is 5.75 Å². The molecule has 2 fully saturated rings. The Balaban J connectivity index is 1.51. The number of anilines is 1. The van der Waals surface area contributed by atoms with Crippen molar-refractivity contribution >= 4 is 17.5 Å². The fourth-order valence-corrected chi connectivity index (χ4v) is 3.53. The Kier molecular flexibility index (Phi) is 6.43. The number of alkyl halides is 3. The molecule has 9 heteroatoms. The van der Waals surface area contributed by atoms with Crippen LogP contribution in [0.25, 0.3) is 0 Å². The second-order valence-corrected chi connectivity index (χ2v) is 7.06. The van der Waals surface area contributed by atoms with Crippen LogP contribution in [-0.4, -0.2) is 73.7 Å². The van der Waals surface area contributed by atoms with Gasteiger partial charge in [0.25, 0.3) is 5.91 Å². The first-order valence-corrected chi connectivity index (χ1v) is 9.42. The minimum absolute atomic E-state index is 0.0706. The van der Waals surface area contributed by atoms with E-state index in [2.05, 4.69) is 0 Å². The van der Waals surface area contributed by atoms with Crippen molar-refractivity contribution in [3.05, 3.63) is 24.3 Å². The van der Waals surface area contributed by atoms with Crippen LogP contribution in [0.15, 0.2) is 24.3 Å². The summed E-state index contributed by atoms with van der Waals surface area (Å²) < 4.78 is 43.2. The molecule has 0 bridgehead atoms. The molecule has 2 amide bonds. The maximum atomic E-state index is 12.5. The highest BCUT2D eigenvalue weighted by atomic mass is 19.4. The van der Waals surface area contributed by atoms with Gasteiger partial charge in [0.15, 0.2) is 6.61 Å². The Morgan fingerprint density at radius 1 is 1.07 bits per heavy atom. The summed E-state index contributed by atoms with van der Waals surface area (Å²) in [5, 5.41) is 0. The molecule has 2 saturated heterocycles. The molecular weight excluding hydrogens is 375 g/mol. The van der Waals surface area contributed by atoms with Gasteiger partial charge in [0.05, 0.1) is 6.54 Å². The molecule has 1 aromatic carbocycles. The fourth-order valence-electron chi connectivity index (χ4n) is 3.53. The van der Waals surface area contributed by atoms with Gasteiger partial charge in [-0.3, -0.25) is 14.5 Å². The molecule has 28 heavy (non-hydrogen) atoms. The van der Waals surface area contributed by atoms with Gasteiger partial charge in [-0.05, 0) is 25.0 Å². The first-order chi connectivity index (χ1) is 13.3. The van der Waals surface area contributed by atoms with Gasteiger partial charge in [-0.2, -0.15) is 13.2 Å². The van der Waals surface area contributed by atoms with Gasteiger partial charge in [0.2, 0.25) is 5.91 Å². The van der Waals surface area contributed by atoms with Crippen LogP contribution in [0.1, 0.15) is 19.3 Å². The van der Waals surface area contributed by atoms with Crippen molar-refractivity contribution in [1.29, 1.82) is 0 Å². The highest BCUT2D eigenvalue weighted by Crippen LogP contribution is 2.25. The number of hydrogen-bond donors (Lipinski definition) is 0. The van der Waals surface area contributed by atoms with Gasteiger partial charge in [-0.25, -0.2) is 0 Å². The summed E-state index contributed by atoms with van der Waals surface area (Å²) >= 11 is 0. The van der Waals surface area contributed by atoms with Gasteiger partial charge in [-0.1, -0.05) is 6.07 Å². The molecule has 0 unspecified atom stereocenters. The summed E-state index contributed by atoms with van der Waals surface area (Å²) in [7, 11) is 0. The predicted octanol–water partition coefficient (Wildman–Crippen LogP) is 2.29. The van der Waals surface area contributed by atoms with E-state index >= 15 is 0 Å². The van der Waals surface area contributed by atoms with Crippen molar-refractivity contribution in [2.24, 2.45) is 0 Å². The summed E-state index contributed by atoms with van der Waals surface area (Å²) in [6, 6.07) is 7.03. The van der Waals surface area contributed by atoms with Crippen LogP contribution in [0, 0.1) is 0 Å². The molecule has 0 radical (unpaired) electrons. The number of halogens is 3. The predicted molar refractivity (Wildman–Crippen MR) is 97.2 cm³/mol. The molecule has 6 nitrogen and oxygen atoms in total. The van der Waals surface area contributed by atoms with E-state index in [1.807, 2.05) is 6.07 Å². The fraction of sp³-hybridized carbons (Fsp3) is 0.579. The van der Waals surface area contributed by atoms with Crippen LogP contribution in [0.2, 0.25) is 0 Å². The van der Waals surface area contributed by atoms with Crippen molar-refractivity contribution in [2.45, 2.75) is 25.4 Å². The third-order valence-corrected chi connectivity index (χ3v) is 4.91. The lowest BCUT2D eigenvalue weighted by Gasteiger charge is -2.23. The molecule has 154 valence electrons. The number of ether oxygens (including phenoxy) is 1. The minimum Gasteiger partial charge on any atom is -0.484 e. The summed E-state index contributed by atoms with van der Waals surface area (Å²) in [6.45, 7) is 0.709. The zero-order valence-electron chi connectivity index (χ0n) is 15.6. The maximum Gasteiger partial charge on any atom is 0.401 e. The molecule has 0 saturated carbocycles. The van der Waals surface area contributed by atoms with E-state index in [9.17, 15) is 22.8 Å². The second kappa shape index (κ2) is 8.81. The van der Waals surface area contributed by atoms with E-state index in [1.165, 1.54) is 4.90 Å². The van der Waals surface area contributed by atoms with E-state index in [1.54, 1.807) is 28.0 Å². The van der Waals surface area contributed by atoms with Crippen LogP contribution in [-0.2, 0) is 9.59 Å². The molecule has 2 aliphatic heterocycles. The molecule has 0 spiro atoms. The van der Waals surface area contributed by atoms with Gasteiger partial charge in [-0.15, -0.1) is 0 Å². The average molecular weight is 399 g/mol. The zero-order valence-corrected chi connectivity index (χ0v) is 15.6. The average Bonchev–Trinajstić information content (AvgIpc) is 2.93. The highest BCUT2D eigenvalue weighted by molar-refractivity contribution is 5.95. The minimum atomic E-state index is -4.23. The molecule has 0 atom stereocenters. The lowest BCUT2D eigenvalue weighted by molar-refractivity contribution is -0.145. The molecule has 1 aromatic rings. The lowest BCUT2D eigenvalue weighted by atomic mass is 10.3. The van der Waals surface area contributed by atoms with E-state index in [0.717, 1.165) is 12.1 Å². The molecule has 3 rings (SSSR count). The van der Waals surface area contributed by atoms with Crippen molar-refractivity contribution in [2.75, 3.05) is 50.8 Å². The number of amides is 2. The third-order valence-electron chi connectivity index (χ3n) is 4.91. The maximum absolute atomic E-state index is 12.5. The highest BCUT2D eigenvalue weighted by Gasteiger charge is 2.32. The molecule has 0 N–H and O–H groups in total. The number of carbonyl (C=O) groups is 2. The molecule has 0 aromatic heterocycles. The van der Waals surface area contributed by atoms with Crippen LogP contribution >= 0.6 is 0 Å². The first kappa shape index (κ1) is 20.4. The van der Waals surface area contributed by atoms with E-state index in [-0.39, 0.29) is 31.5 Å². The van der Waals surface area contributed by atoms with E-state index < -0.39 is 12.7 Å². The Morgan fingerprint density at radius 2 is 1.89 bits per heavy atom. The number of benzene rings is 1. The second-order valence-electron chi connectivity index (χ2n) is 7.06. The standard InChI is InChI=1S/C19H24F3N3O3/c20-19(21,22)14-23-7-3-8-24(11-10-23)18(27)13-28-16-5-1-4-15(12-16)25-9-2-6-17(25)26/h1,4-5,12H,2-3,6-11,13-14H2. The molecule has 2 heterocycles. The van der Waals surface area contributed by atoms with Crippen molar-refractivity contribution in [1.82, 2.24) is 9.80 Å². The molecule has 2 aliphatic rings. The third kappa shape index (κ3) is 5.60. The monoisotopic (exact) mass is 399 g/mol. The van der Waals surface area contributed by atoms with E-state index in [0.29, 0.717) is 38.2 Å². The number of hydrogen-bond acceptors (Lipinski definition) is 4. The Bertz CT molecular complexity index is 711. The van der Waals surface area contributed by atoms with Gasteiger partial charge < -0.3 is 14.5 Å². The Hall–Kier alpha value is -2.29. The topological polar surface area (TPSA) is 53.1 Å². The number of nitrogens with zero attached hydrogens (tertiary/aromatic N) is 3. The summed E-state index contributed by atoms with van der Waals surface area (Å²) in [4.78, 5) is 28.8. The van der Waals surface area contributed by atoms with Crippen molar-refractivity contribution < 1.29 is 27.5 Å². The Morgan fingerprint density at radius 3 is 2.61 bits per heavy atom. The van der Waals surface area contributed by atoms with Crippen LogP contribution in [0.4, 0.5) is 18.9 Å². The number of rotatable bonds is 5. The Labute approximate surface area is 161 Å². The largest absolute Gasteiger partial charge is 0.484 e. The first-order valence-electron chi connectivity index (χ1n) is 9.42.